The summed E-state index contributed by atoms with van der Waals surface area (Å²) < 4.78 is 0. The third kappa shape index (κ3) is 4.47. The maximum Gasteiger partial charge on any atom is 0.275 e. The molecule has 0 atom stereocenters. The molecule has 0 saturated carbocycles. The van der Waals surface area contributed by atoms with E-state index in [0.29, 0.717) is 22.2 Å². The molecule has 0 radical (unpaired) electrons. The van der Waals surface area contributed by atoms with Crippen LogP contribution in [0, 0.1) is 10.1 Å². The Balaban J connectivity index is 1.92. The van der Waals surface area contributed by atoms with Gasteiger partial charge in [-0.05, 0) is 29.8 Å². The Morgan fingerprint density at radius 1 is 1.08 bits per heavy atom. The van der Waals surface area contributed by atoms with Crippen molar-refractivity contribution in [1.29, 1.82) is 0 Å². The molecule has 0 bridgehead atoms. The van der Waals surface area contributed by atoms with Crippen LogP contribution in [-0.2, 0) is 6.54 Å². The summed E-state index contributed by atoms with van der Waals surface area (Å²) >= 11 is 7.22. The van der Waals surface area contributed by atoms with Gasteiger partial charge in [0.05, 0.1) is 21.6 Å². The van der Waals surface area contributed by atoms with Crippen molar-refractivity contribution in [3.8, 4) is 5.75 Å². The average molecular weight is 387 g/mol. The number of aromatic hydroxyl groups is 1. The van der Waals surface area contributed by atoms with Crippen molar-refractivity contribution in [3.63, 3.8) is 0 Å². The second kappa shape index (κ2) is 8.12. The Kier molecular flexibility index (Phi) is 5.65. The maximum atomic E-state index is 11.1. The lowest BCUT2D eigenvalue weighted by Crippen LogP contribution is -2.02. The molecule has 0 spiro atoms. The summed E-state index contributed by atoms with van der Waals surface area (Å²) in [6.07, 6.45) is 0. The van der Waals surface area contributed by atoms with E-state index < -0.39 is 4.92 Å². The zero-order valence-corrected chi connectivity index (χ0v) is 15.1. The fraction of sp³-hybridized carbons (Fsp3) is 0.0526. The minimum Gasteiger partial charge on any atom is -0.506 e. The molecule has 26 heavy (non-hydrogen) atoms. The number of benzene rings is 3. The van der Waals surface area contributed by atoms with Gasteiger partial charge < -0.3 is 10.4 Å². The van der Waals surface area contributed by atoms with E-state index in [1.54, 1.807) is 12.1 Å². The molecule has 0 amide bonds. The van der Waals surface area contributed by atoms with Crippen LogP contribution in [0.25, 0.3) is 0 Å². The minimum atomic E-state index is -0.524. The lowest BCUT2D eigenvalue weighted by Gasteiger charge is -2.13. The lowest BCUT2D eigenvalue weighted by molar-refractivity contribution is -0.384. The molecule has 0 unspecified atom stereocenters. The van der Waals surface area contributed by atoms with E-state index in [0.717, 1.165) is 16.5 Å². The molecule has 0 aliphatic carbocycles. The predicted molar refractivity (Wildman–Crippen MR) is 104 cm³/mol. The molecule has 3 rings (SSSR count). The summed E-state index contributed by atoms with van der Waals surface area (Å²) in [7, 11) is 0. The van der Waals surface area contributed by atoms with Crippen LogP contribution in [0.15, 0.2) is 76.5 Å². The summed E-state index contributed by atoms with van der Waals surface area (Å²) in [6, 6.07) is 19.4. The first-order valence-electron chi connectivity index (χ1n) is 7.75. The Bertz CT molecular complexity index is 918. The van der Waals surface area contributed by atoms with Crippen molar-refractivity contribution in [3.05, 3.63) is 87.4 Å². The monoisotopic (exact) mass is 386 g/mol. The van der Waals surface area contributed by atoms with Crippen LogP contribution < -0.4 is 5.32 Å². The number of rotatable bonds is 6. The van der Waals surface area contributed by atoms with Gasteiger partial charge in [0.1, 0.15) is 5.75 Å². The Labute approximate surface area is 159 Å². The van der Waals surface area contributed by atoms with E-state index in [-0.39, 0.29) is 11.4 Å². The van der Waals surface area contributed by atoms with Crippen LogP contribution in [0.1, 0.15) is 5.56 Å². The van der Waals surface area contributed by atoms with Gasteiger partial charge in [-0.2, -0.15) is 0 Å². The highest BCUT2D eigenvalue weighted by molar-refractivity contribution is 7.99. The number of phenols is 1. The Morgan fingerprint density at radius 3 is 2.42 bits per heavy atom. The molecular weight excluding hydrogens is 372 g/mol. The molecule has 0 saturated heterocycles. The van der Waals surface area contributed by atoms with Gasteiger partial charge in [0.25, 0.3) is 5.69 Å². The number of nitrogens with one attached hydrogen (secondary N) is 1. The second-order valence-corrected chi connectivity index (χ2v) is 7.01. The van der Waals surface area contributed by atoms with Crippen LogP contribution in [0.2, 0.25) is 5.02 Å². The molecule has 3 aromatic carbocycles. The number of hydrogen-bond donors (Lipinski definition) is 2. The summed E-state index contributed by atoms with van der Waals surface area (Å²) in [5, 5.41) is 25.3. The Hall–Kier alpha value is -2.70. The number of nitro benzene ring substituents is 1. The molecule has 132 valence electrons. The van der Waals surface area contributed by atoms with Crippen molar-refractivity contribution < 1.29 is 10.0 Å². The van der Waals surface area contributed by atoms with Gasteiger partial charge in [-0.3, -0.25) is 10.1 Å². The van der Waals surface area contributed by atoms with Crippen molar-refractivity contribution in [2.75, 3.05) is 5.32 Å². The quantitative estimate of drug-likeness (QED) is 0.418. The van der Waals surface area contributed by atoms with Gasteiger partial charge in [-0.1, -0.05) is 53.7 Å². The van der Waals surface area contributed by atoms with Gasteiger partial charge in [0.15, 0.2) is 0 Å². The summed E-state index contributed by atoms with van der Waals surface area (Å²) in [5.41, 5.74) is 1.36. The van der Waals surface area contributed by atoms with Crippen molar-refractivity contribution in [2.24, 2.45) is 0 Å². The number of nitro groups is 1. The SMILES string of the molecule is O=[N+]([O-])c1cc(O)c(Sc2ccc(Cl)cc2)c(NCc2ccccc2)c1. The van der Waals surface area contributed by atoms with E-state index in [2.05, 4.69) is 5.32 Å². The molecule has 0 aromatic heterocycles. The van der Waals surface area contributed by atoms with Gasteiger partial charge in [-0.25, -0.2) is 0 Å². The zero-order valence-electron chi connectivity index (χ0n) is 13.6. The van der Waals surface area contributed by atoms with Crippen LogP contribution in [-0.4, -0.2) is 10.0 Å². The van der Waals surface area contributed by atoms with E-state index in [9.17, 15) is 15.2 Å². The van der Waals surface area contributed by atoms with Crippen LogP contribution in [0.4, 0.5) is 11.4 Å². The molecular formula is C19H15ClN2O3S. The van der Waals surface area contributed by atoms with Gasteiger partial charge >= 0.3 is 0 Å². The van der Waals surface area contributed by atoms with E-state index in [1.165, 1.54) is 17.8 Å². The first-order chi connectivity index (χ1) is 12.5. The summed E-state index contributed by atoms with van der Waals surface area (Å²) in [5.74, 6) is -0.144. The first kappa shape index (κ1) is 18.1. The highest BCUT2D eigenvalue weighted by Crippen LogP contribution is 2.42. The van der Waals surface area contributed by atoms with E-state index >= 15 is 0 Å². The lowest BCUT2D eigenvalue weighted by atomic mass is 10.2. The zero-order chi connectivity index (χ0) is 18.5. The number of non-ortho nitro benzene ring substituents is 1. The molecule has 2 N–H and O–H groups in total. The maximum absolute atomic E-state index is 11.1. The number of phenolic OH excluding ortho intramolecular Hbond substituents is 1. The fourth-order valence-electron chi connectivity index (χ4n) is 2.36. The third-order valence-corrected chi connectivity index (χ3v) is 5.02. The second-order valence-electron chi connectivity index (χ2n) is 5.49. The smallest absolute Gasteiger partial charge is 0.275 e. The highest BCUT2D eigenvalue weighted by atomic mass is 35.5. The fourth-order valence-corrected chi connectivity index (χ4v) is 3.39. The highest BCUT2D eigenvalue weighted by Gasteiger charge is 2.17. The number of anilines is 1. The molecule has 7 heteroatoms. The average Bonchev–Trinajstić information content (AvgIpc) is 2.64. The molecule has 0 fully saturated rings. The van der Waals surface area contributed by atoms with Gasteiger partial charge in [-0.15, -0.1) is 0 Å². The standard InChI is InChI=1S/C19H15ClN2O3S/c20-14-6-8-16(9-7-14)26-19-17(10-15(22(24)25)11-18(19)23)21-12-13-4-2-1-3-5-13/h1-11,21,23H,12H2. The first-order valence-corrected chi connectivity index (χ1v) is 8.95. The van der Waals surface area contributed by atoms with Crippen LogP contribution in [0.5, 0.6) is 5.75 Å². The van der Waals surface area contributed by atoms with Crippen molar-refractivity contribution in [1.82, 2.24) is 0 Å². The normalized spacial score (nSPS) is 10.5. The predicted octanol–water partition coefficient (Wildman–Crippen LogP) is 5.72. The summed E-state index contributed by atoms with van der Waals surface area (Å²) in [4.78, 5) is 12.0. The Morgan fingerprint density at radius 2 is 1.77 bits per heavy atom. The molecule has 0 aliphatic heterocycles. The third-order valence-electron chi connectivity index (χ3n) is 3.62. The minimum absolute atomic E-state index is 0.144. The van der Waals surface area contributed by atoms with E-state index in [4.69, 9.17) is 11.6 Å². The molecule has 0 heterocycles. The van der Waals surface area contributed by atoms with Gasteiger partial charge in [0, 0.05) is 22.5 Å². The molecule has 5 nitrogen and oxygen atoms in total. The van der Waals surface area contributed by atoms with Crippen molar-refractivity contribution in [2.45, 2.75) is 16.3 Å². The van der Waals surface area contributed by atoms with Crippen LogP contribution in [0.3, 0.4) is 0 Å². The van der Waals surface area contributed by atoms with Gasteiger partial charge in [0.2, 0.25) is 0 Å². The molecule has 3 aromatic rings. The number of halogens is 1. The largest absolute Gasteiger partial charge is 0.506 e. The van der Waals surface area contributed by atoms with Crippen molar-refractivity contribution >= 4 is 34.7 Å². The van der Waals surface area contributed by atoms with E-state index in [1.807, 2.05) is 42.5 Å². The molecule has 0 aliphatic rings. The topological polar surface area (TPSA) is 75.4 Å². The number of nitrogens with zero attached hydrogens (tertiary/aromatic N) is 1. The summed E-state index contributed by atoms with van der Waals surface area (Å²) in [6.45, 7) is 0.482. The van der Waals surface area contributed by atoms with Crippen LogP contribution >= 0.6 is 23.4 Å². The number of hydrogen-bond acceptors (Lipinski definition) is 5.